The van der Waals surface area contributed by atoms with E-state index in [1.165, 1.54) is 33.4 Å². The van der Waals surface area contributed by atoms with Gasteiger partial charge in [-0.15, -0.1) is 0 Å². The summed E-state index contributed by atoms with van der Waals surface area (Å²) < 4.78 is 12.6. The highest BCUT2D eigenvalue weighted by Gasteiger charge is 2.35. The van der Waals surface area contributed by atoms with Gasteiger partial charge in [-0.3, -0.25) is 0 Å². The molecule has 0 N–H and O–H groups in total. The molecule has 0 aromatic heterocycles. The van der Waals surface area contributed by atoms with Crippen LogP contribution in [0.3, 0.4) is 0 Å². The molecule has 9 rings (SSSR count). The molecule has 7 aromatic rings. The van der Waals surface area contributed by atoms with Crippen molar-refractivity contribution in [3.63, 3.8) is 0 Å². The van der Waals surface area contributed by atoms with Crippen molar-refractivity contribution >= 4 is 17.1 Å². The summed E-state index contributed by atoms with van der Waals surface area (Å²) >= 11 is 0. The Kier molecular flexibility index (Phi) is 6.48. The van der Waals surface area contributed by atoms with Gasteiger partial charge in [-0.1, -0.05) is 123 Å². The van der Waals surface area contributed by atoms with E-state index in [2.05, 4.69) is 146 Å². The molecule has 0 fully saturated rings. The van der Waals surface area contributed by atoms with Gasteiger partial charge in [0.2, 0.25) is 0 Å². The summed E-state index contributed by atoms with van der Waals surface area (Å²) in [4.78, 5) is 2.36. The smallest absolute Gasteiger partial charge is 0.177 e. The normalized spacial score (nSPS) is 13.3. The molecule has 0 amide bonds. The van der Waals surface area contributed by atoms with Crippen LogP contribution in [0.4, 0.5) is 17.1 Å². The van der Waals surface area contributed by atoms with E-state index in [9.17, 15) is 0 Å². The summed E-state index contributed by atoms with van der Waals surface area (Å²) in [7, 11) is 0. The third-order valence-corrected chi connectivity index (χ3v) is 9.75. The van der Waals surface area contributed by atoms with E-state index in [0.29, 0.717) is 0 Å². The molecule has 48 heavy (non-hydrogen) atoms. The Hall–Kier alpha value is -6.06. The molecule has 0 spiro atoms. The van der Waals surface area contributed by atoms with Crippen LogP contribution < -0.4 is 14.4 Å². The van der Waals surface area contributed by atoms with Crippen LogP contribution in [0.2, 0.25) is 0 Å². The summed E-state index contributed by atoms with van der Waals surface area (Å²) in [6.45, 7) is 4.67. The molecular weight excluding hydrogens is 587 g/mol. The third-order valence-electron chi connectivity index (χ3n) is 9.75. The van der Waals surface area contributed by atoms with Crippen LogP contribution in [-0.2, 0) is 5.41 Å². The van der Waals surface area contributed by atoms with Crippen LogP contribution in [0.15, 0.2) is 164 Å². The Labute approximate surface area is 281 Å². The van der Waals surface area contributed by atoms with Crippen LogP contribution in [0.1, 0.15) is 25.0 Å². The molecule has 0 unspecified atom stereocenters. The van der Waals surface area contributed by atoms with Crippen molar-refractivity contribution in [1.29, 1.82) is 0 Å². The summed E-state index contributed by atoms with van der Waals surface area (Å²) in [6.07, 6.45) is 0. The molecule has 2 aliphatic rings. The minimum atomic E-state index is -0.0955. The molecular formula is C45H33NO2. The Morgan fingerprint density at radius 2 is 0.938 bits per heavy atom. The average Bonchev–Trinajstić information content (AvgIpc) is 3.37. The lowest BCUT2D eigenvalue weighted by atomic mass is 9.82. The highest BCUT2D eigenvalue weighted by molar-refractivity contribution is 5.86. The lowest BCUT2D eigenvalue weighted by molar-refractivity contribution is 0.361. The van der Waals surface area contributed by atoms with Crippen molar-refractivity contribution in [1.82, 2.24) is 0 Å². The van der Waals surface area contributed by atoms with Crippen molar-refractivity contribution in [2.75, 3.05) is 4.90 Å². The van der Waals surface area contributed by atoms with Crippen LogP contribution in [0.25, 0.3) is 33.4 Å². The minimum absolute atomic E-state index is 0.0955. The van der Waals surface area contributed by atoms with E-state index in [4.69, 9.17) is 9.47 Å². The van der Waals surface area contributed by atoms with Gasteiger partial charge in [-0.2, -0.15) is 0 Å². The first kappa shape index (κ1) is 28.2. The monoisotopic (exact) mass is 619 g/mol. The first-order valence-electron chi connectivity index (χ1n) is 16.4. The lowest BCUT2D eigenvalue weighted by Gasteiger charge is -2.28. The second-order valence-electron chi connectivity index (χ2n) is 13.0. The third kappa shape index (κ3) is 4.58. The first-order chi connectivity index (χ1) is 23.5. The molecule has 7 aromatic carbocycles. The second-order valence-corrected chi connectivity index (χ2v) is 13.0. The van der Waals surface area contributed by atoms with E-state index in [1.54, 1.807) is 0 Å². The van der Waals surface area contributed by atoms with Crippen LogP contribution >= 0.6 is 0 Å². The number of hydrogen-bond acceptors (Lipinski definition) is 3. The van der Waals surface area contributed by atoms with E-state index >= 15 is 0 Å². The zero-order valence-electron chi connectivity index (χ0n) is 26.9. The first-order valence-corrected chi connectivity index (χ1v) is 16.4. The quantitative estimate of drug-likeness (QED) is 0.191. The van der Waals surface area contributed by atoms with Gasteiger partial charge in [0.1, 0.15) is 0 Å². The maximum absolute atomic E-state index is 6.38. The molecule has 0 saturated carbocycles. The van der Waals surface area contributed by atoms with E-state index in [0.717, 1.165) is 51.2 Å². The summed E-state index contributed by atoms with van der Waals surface area (Å²) in [5.41, 5.74) is 13.0. The van der Waals surface area contributed by atoms with Crippen molar-refractivity contribution < 1.29 is 9.47 Å². The van der Waals surface area contributed by atoms with Gasteiger partial charge in [-0.05, 0) is 93.5 Å². The van der Waals surface area contributed by atoms with Crippen LogP contribution in [-0.4, -0.2) is 0 Å². The van der Waals surface area contributed by atoms with Crippen molar-refractivity contribution in [3.8, 4) is 56.4 Å². The molecule has 1 aliphatic carbocycles. The van der Waals surface area contributed by atoms with Gasteiger partial charge in [0.15, 0.2) is 23.0 Å². The highest BCUT2D eigenvalue weighted by atomic mass is 16.6. The molecule has 0 radical (unpaired) electrons. The van der Waals surface area contributed by atoms with Crippen LogP contribution in [0.5, 0.6) is 23.0 Å². The molecule has 1 heterocycles. The number of fused-ring (bicyclic) bond motifs is 5. The number of rotatable bonds is 5. The van der Waals surface area contributed by atoms with Gasteiger partial charge in [0, 0.05) is 28.0 Å². The van der Waals surface area contributed by atoms with Gasteiger partial charge >= 0.3 is 0 Å². The number of nitrogens with zero attached hydrogens (tertiary/aromatic N) is 1. The van der Waals surface area contributed by atoms with Gasteiger partial charge in [0.25, 0.3) is 0 Å². The summed E-state index contributed by atoms with van der Waals surface area (Å²) in [5, 5.41) is 0. The summed E-state index contributed by atoms with van der Waals surface area (Å²) in [5.74, 6) is 2.91. The molecule has 3 nitrogen and oxygen atoms in total. The number of para-hydroxylation sites is 3. The SMILES string of the molecule is CC1(C)c2ccccc2-c2ccc(N(c3ccc(-c4ccccc4)cc3)c3ccc(-c4cccc5c4Oc4ccccc4O5)cc3)cc21. The van der Waals surface area contributed by atoms with Crippen molar-refractivity contribution in [3.05, 3.63) is 175 Å². The van der Waals surface area contributed by atoms with E-state index < -0.39 is 0 Å². The molecule has 0 atom stereocenters. The standard InChI is InChI=1S/C45H33NO2/c1-45(2)39-15-7-6-13-37(39)38-28-27-35(29-40(38)45)46(33-23-19-31(20-24-33)30-11-4-3-5-12-30)34-25-21-32(22-26-34)36-14-10-18-43-44(36)48-42-17-9-8-16-41(42)47-43/h3-29H,1-2H3. The van der Waals surface area contributed by atoms with E-state index in [-0.39, 0.29) is 5.41 Å². The number of benzene rings is 7. The Morgan fingerprint density at radius 3 is 1.69 bits per heavy atom. The van der Waals surface area contributed by atoms with Gasteiger partial charge < -0.3 is 14.4 Å². The second kappa shape index (κ2) is 11.0. The predicted octanol–water partition coefficient (Wildman–Crippen LogP) is 12.7. The zero-order valence-corrected chi connectivity index (χ0v) is 26.9. The molecule has 1 aliphatic heterocycles. The largest absolute Gasteiger partial charge is 0.449 e. The Morgan fingerprint density at radius 1 is 0.396 bits per heavy atom. The fourth-order valence-electron chi connectivity index (χ4n) is 7.28. The maximum atomic E-state index is 6.38. The summed E-state index contributed by atoms with van der Waals surface area (Å²) in [6, 6.07) is 57.7. The number of ether oxygens (including phenoxy) is 2. The zero-order chi connectivity index (χ0) is 32.2. The average molecular weight is 620 g/mol. The van der Waals surface area contributed by atoms with E-state index in [1.807, 2.05) is 36.4 Å². The molecule has 230 valence electrons. The Balaban J connectivity index is 1.13. The van der Waals surface area contributed by atoms with Gasteiger partial charge in [0.05, 0.1) is 0 Å². The number of anilines is 3. The van der Waals surface area contributed by atoms with Crippen molar-refractivity contribution in [2.45, 2.75) is 19.3 Å². The minimum Gasteiger partial charge on any atom is -0.449 e. The maximum Gasteiger partial charge on any atom is 0.177 e. The Bertz CT molecular complexity index is 2300. The predicted molar refractivity (Wildman–Crippen MR) is 196 cm³/mol. The molecule has 3 heteroatoms. The van der Waals surface area contributed by atoms with Crippen molar-refractivity contribution in [2.24, 2.45) is 0 Å². The number of hydrogen-bond donors (Lipinski definition) is 0. The molecule has 0 bridgehead atoms. The molecule has 0 saturated heterocycles. The lowest BCUT2D eigenvalue weighted by Crippen LogP contribution is -2.16. The highest BCUT2D eigenvalue weighted by Crippen LogP contribution is 2.52. The van der Waals surface area contributed by atoms with Gasteiger partial charge in [-0.25, -0.2) is 0 Å². The fourth-order valence-corrected chi connectivity index (χ4v) is 7.28. The fraction of sp³-hybridized carbons (Fsp3) is 0.0667. The topological polar surface area (TPSA) is 21.7 Å². The van der Waals surface area contributed by atoms with Crippen LogP contribution in [0, 0.1) is 0 Å².